The average molecular weight is 603 g/mol. The van der Waals surface area contributed by atoms with E-state index in [9.17, 15) is 4.79 Å². The predicted molar refractivity (Wildman–Crippen MR) is 192 cm³/mol. The van der Waals surface area contributed by atoms with Crippen LogP contribution in [0, 0.1) is 20.8 Å². The fourth-order valence-electron chi connectivity index (χ4n) is 5.88. The van der Waals surface area contributed by atoms with Gasteiger partial charge in [0, 0.05) is 40.2 Å². The molecular formula is C42H38N2O2. The Balaban J connectivity index is 1.34. The van der Waals surface area contributed by atoms with Crippen molar-refractivity contribution < 1.29 is 9.53 Å². The average Bonchev–Trinajstić information content (AvgIpc) is 3.09. The summed E-state index contributed by atoms with van der Waals surface area (Å²) >= 11 is 0. The molecule has 0 fully saturated rings. The number of rotatable bonds is 9. The Labute approximate surface area is 272 Å². The lowest BCUT2D eigenvalue weighted by Crippen LogP contribution is -2.17. The number of para-hydroxylation sites is 1. The van der Waals surface area contributed by atoms with Gasteiger partial charge in [0.1, 0.15) is 5.75 Å². The van der Waals surface area contributed by atoms with Crippen LogP contribution in [-0.4, -0.2) is 5.97 Å². The SMILES string of the molecule is C=CC(=O)Oc1ccc(N(C2=CCCC=C2)c2ccc(-c3ccc(N(c4ccccc4)c4ccc(C)cc4)c(C)c3)cc2C)cc1. The van der Waals surface area contributed by atoms with Crippen molar-refractivity contribution in [3.8, 4) is 16.9 Å². The Morgan fingerprint density at radius 3 is 1.80 bits per heavy atom. The lowest BCUT2D eigenvalue weighted by molar-refractivity contribution is -0.128. The quantitative estimate of drug-likeness (QED) is 0.0954. The molecular weight excluding hydrogens is 564 g/mol. The lowest BCUT2D eigenvalue weighted by Gasteiger charge is -2.29. The first-order valence-corrected chi connectivity index (χ1v) is 15.7. The topological polar surface area (TPSA) is 32.8 Å². The minimum atomic E-state index is -0.472. The van der Waals surface area contributed by atoms with E-state index in [0.717, 1.165) is 58.1 Å². The predicted octanol–water partition coefficient (Wildman–Crippen LogP) is 11.2. The van der Waals surface area contributed by atoms with E-state index < -0.39 is 5.97 Å². The molecule has 0 heterocycles. The van der Waals surface area contributed by atoms with Crippen LogP contribution in [0.15, 0.2) is 152 Å². The third-order valence-corrected chi connectivity index (χ3v) is 8.23. The van der Waals surface area contributed by atoms with Gasteiger partial charge >= 0.3 is 5.97 Å². The second kappa shape index (κ2) is 13.6. The highest BCUT2D eigenvalue weighted by Crippen LogP contribution is 2.40. The summed E-state index contributed by atoms with van der Waals surface area (Å²) in [5.74, 6) is 0.0148. The maximum absolute atomic E-state index is 11.7. The molecule has 0 bridgehead atoms. The number of esters is 1. The maximum Gasteiger partial charge on any atom is 0.335 e. The van der Waals surface area contributed by atoms with Crippen molar-refractivity contribution in [3.05, 3.63) is 169 Å². The summed E-state index contributed by atoms with van der Waals surface area (Å²) in [4.78, 5) is 16.3. The minimum absolute atomic E-state index is 0.472. The lowest BCUT2D eigenvalue weighted by atomic mass is 9.98. The summed E-state index contributed by atoms with van der Waals surface area (Å²) in [6.07, 6.45) is 9.85. The number of hydrogen-bond donors (Lipinski definition) is 0. The van der Waals surface area contributed by atoms with Crippen LogP contribution in [0.25, 0.3) is 11.1 Å². The van der Waals surface area contributed by atoms with E-state index in [0.29, 0.717) is 5.75 Å². The van der Waals surface area contributed by atoms with Gasteiger partial charge in [-0.15, -0.1) is 0 Å². The van der Waals surface area contributed by atoms with Crippen molar-refractivity contribution in [1.29, 1.82) is 0 Å². The third-order valence-electron chi connectivity index (χ3n) is 8.23. The van der Waals surface area contributed by atoms with E-state index in [2.05, 4.69) is 146 Å². The van der Waals surface area contributed by atoms with Crippen molar-refractivity contribution in [2.75, 3.05) is 9.80 Å². The molecule has 0 spiro atoms. The van der Waals surface area contributed by atoms with Gasteiger partial charge in [-0.25, -0.2) is 4.79 Å². The first-order valence-electron chi connectivity index (χ1n) is 15.7. The standard InChI is InChI=1S/C42H38N2O2/c1-5-42(45)46-39-24-22-38(23-25-39)44(36-14-10-7-11-15-36)41-27-19-34(29-32(41)4)33-18-26-40(31(3)28-33)43(35-12-8-6-9-13-35)37-20-16-30(2)17-21-37/h5-6,8-10,12-29H,1,7,11H2,2-4H3. The van der Waals surface area contributed by atoms with E-state index in [1.54, 1.807) is 0 Å². The molecule has 0 saturated heterocycles. The van der Waals surface area contributed by atoms with Crippen LogP contribution in [0.3, 0.4) is 0 Å². The summed E-state index contributed by atoms with van der Waals surface area (Å²) in [5.41, 5.74) is 12.5. The highest BCUT2D eigenvalue weighted by Gasteiger charge is 2.19. The van der Waals surface area contributed by atoms with Crippen LogP contribution < -0.4 is 14.5 Å². The zero-order valence-electron chi connectivity index (χ0n) is 26.6. The monoisotopic (exact) mass is 602 g/mol. The summed E-state index contributed by atoms with van der Waals surface area (Å²) in [6, 6.07) is 40.2. The van der Waals surface area contributed by atoms with Gasteiger partial charge < -0.3 is 14.5 Å². The van der Waals surface area contributed by atoms with E-state index in [-0.39, 0.29) is 0 Å². The van der Waals surface area contributed by atoms with Gasteiger partial charge in [0.05, 0.1) is 0 Å². The molecule has 0 atom stereocenters. The first kappa shape index (κ1) is 30.4. The molecule has 5 aromatic rings. The Kier molecular flexibility index (Phi) is 8.98. The van der Waals surface area contributed by atoms with Gasteiger partial charge in [-0.3, -0.25) is 0 Å². The van der Waals surface area contributed by atoms with Crippen LogP contribution in [0.4, 0.5) is 28.4 Å². The molecule has 6 rings (SSSR count). The number of nitrogens with zero attached hydrogens (tertiary/aromatic N) is 2. The summed E-state index contributed by atoms with van der Waals surface area (Å²) in [6.45, 7) is 9.95. The largest absolute Gasteiger partial charge is 0.423 e. The van der Waals surface area contributed by atoms with Gasteiger partial charge in [-0.2, -0.15) is 0 Å². The molecule has 0 N–H and O–H groups in total. The highest BCUT2D eigenvalue weighted by molar-refractivity contribution is 5.84. The molecule has 1 aliphatic rings. The van der Waals surface area contributed by atoms with Gasteiger partial charge in [-0.1, -0.05) is 66.8 Å². The Hall–Kier alpha value is -5.61. The van der Waals surface area contributed by atoms with E-state index in [1.165, 1.54) is 22.8 Å². The van der Waals surface area contributed by atoms with Crippen LogP contribution in [-0.2, 0) is 4.79 Å². The van der Waals surface area contributed by atoms with Crippen LogP contribution in [0.1, 0.15) is 29.5 Å². The summed E-state index contributed by atoms with van der Waals surface area (Å²) in [5, 5.41) is 0. The van der Waals surface area contributed by atoms with Gasteiger partial charge in [0.25, 0.3) is 0 Å². The van der Waals surface area contributed by atoms with Crippen molar-refractivity contribution in [2.24, 2.45) is 0 Å². The first-order chi connectivity index (χ1) is 22.4. The molecule has 4 heteroatoms. The molecule has 228 valence electrons. The third kappa shape index (κ3) is 6.57. The minimum Gasteiger partial charge on any atom is -0.423 e. The Bertz CT molecular complexity index is 1920. The zero-order valence-corrected chi connectivity index (χ0v) is 26.6. The van der Waals surface area contributed by atoms with Crippen LogP contribution >= 0.6 is 0 Å². The number of allylic oxidation sites excluding steroid dienone is 3. The van der Waals surface area contributed by atoms with Crippen molar-refractivity contribution >= 4 is 34.4 Å². The van der Waals surface area contributed by atoms with Crippen LogP contribution in [0.5, 0.6) is 5.75 Å². The molecule has 1 aliphatic carbocycles. The molecule has 0 unspecified atom stereocenters. The smallest absolute Gasteiger partial charge is 0.335 e. The van der Waals surface area contributed by atoms with E-state index in [4.69, 9.17) is 4.74 Å². The molecule has 4 nitrogen and oxygen atoms in total. The number of aryl methyl sites for hydroxylation is 3. The van der Waals surface area contributed by atoms with E-state index >= 15 is 0 Å². The van der Waals surface area contributed by atoms with Gasteiger partial charge in [0.2, 0.25) is 0 Å². The van der Waals surface area contributed by atoms with Crippen molar-refractivity contribution in [3.63, 3.8) is 0 Å². The molecule has 46 heavy (non-hydrogen) atoms. The molecule has 0 radical (unpaired) electrons. The van der Waals surface area contributed by atoms with Crippen LogP contribution in [0.2, 0.25) is 0 Å². The number of anilines is 5. The summed E-state index contributed by atoms with van der Waals surface area (Å²) in [7, 11) is 0. The van der Waals surface area contributed by atoms with Gasteiger partial charge in [0.15, 0.2) is 0 Å². The molecule has 5 aromatic carbocycles. The summed E-state index contributed by atoms with van der Waals surface area (Å²) < 4.78 is 5.32. The second-order valence-electron chi connectivity index (χ2n) is 11.6. The number of hydrogen-bond acceptors (Lipinski definition) is 4. The normalized spacial score (nSPS) is 12.3. The fourth-order valence-corrected chi connectivity index (χ4v) is 5.88. The number of ether oxygens (including phenoxy) is 1. The van der Waals surface area contributed by atoms with Crippen molar-refractivity contribution in [1.82, 2.24) is 0 Å². The Morgan fingerprint density at radius 1 is 0.674 bits per heavy atom. The molecule has 0 saturated carbocycles. The Morgan fingerprint density at radius 2 is 1.24 bits per heavy atom. The number of benzene rings is 5. The molecule has 0 aliphatic heterocycles. The van der Waals surface area contributed by atoms with Crippen molar-refractivity contribution in [2.45, 2.75) is 33.6 Å². The fraction of sp³-hybridized carbons (Fsp3) is 0.119. The maximum atomic E-state index is 11.7. The van der Waals surface area contributed by atoms with Gasteiger partial charge in [-0.05, 0) is 135 Å². The molecule has 0 aromatic heterocycles. The zero-order chi connectivity index (χ0) is 32.0. The van der Waals surface area contributed by atoms with E-state index in [1.807, 2.05) is 24.3 Å². The highest BCUT2D eigenvalue weighted by atomic mass is 16.5. The second-order valence-corrected chi connectivity index (χ2v) is 11.6. The molecule has 0 amide bonds. The number of carbonyl (C=O) groups excluding carboxylic acids is 1. The number of carbonyl (C=O) groups is 1.